The van der Waals surface area contributed by atoms with Crippen LogP contribution in [0, 0.1) is 17.8 Å². The van der Waals surface area contributed by atoms with Crippen LogP contribution < -0.4 is 5.32 Å². The molecule has 1 unspecified atom stereocenters. The highest BCUT2D eigenvalue weighted by molar-refractivity contribution is 5.79. The standard InChI is InChI=1S/C21H36N4O3/c26-20(18-5-2-6-18)24-11-9-23(10-12-24)8-7-22-21(27)25-13-14-28-16-19(15-25)17-3-1-4-17/h17-19H,1-16H2,(H,22,27). The number of ether oxygens (including phenoxy) is 1. The van der Waals surface area contributed by atoms with Gasteiger partial charge in [-0.2, -0.15) is 0 Å². The van der Waals surface area contributed by atoms with Crippen molar-refractivity contribution in [3.8, 4) is 0 Å². The second kappa shape index (κ2) is 9.44. The van der Waals surface area contributed by atoms with E-state index < -0.39 is 0 Å². The maximum Gasteiger partial charge on any atom is 0.317 e. The molecule has 2 saturated carbocycles. The molecule has 3 amide bonds. The van der Waals surface area contributed by atoms with E-state index in [-0.39, 0.29) is 6.03 Å². The highest BCUT2D eigenvalue weighted by atomic mass is 16.5. The van der Waals surface area contributed by atoms with Crippen molar-refractivity contribution in [1.29, 1.82) is 0 Å². The monoisotopic (exact) mass is 392 g/mol. The van der Waals surface area contributed by atoms with Crippen molar-refractivity contribution in [3.05, 3.63) is 0 Å². The van der Waals surface area contributed by atoms with Crippen LogP contribution in [0.4, 0.5) is 4.79 Å². The lowest BCUT2D eigenvalue weighted by molar-refractivity contribution is -0.139. The van der Waals surface area contributed by atoms with Crippen molar-refractivity contribution in [2.75, 3.05) is 65.6 Å². The van der Waals surface area contributed by atoms with Crippen LogP contribution in [0.1, 0.15) is 38.5 Å². The van der Waals surface area contributed by atoms with Gasteiger partial charge in [-0.3, -0.25) is 9.69 Å². The van der Waals surface area contributed by atoms with Gasteiger partial charge in [-0.15, -0.1) is 0 Å². The van der Waals surface area contributed by atoms with Crippen molar-refractivity contribution in [1.82, 2.24) is 20.0 Å². The molecular weight excluding hydrogens is 356 g/mol. The molecule has 0 bridgehead atoms. The van der Waals surface area contributed by atoms with Gasteiger partial charge in [-0.05, 0) is 18.8 Å². The van der Waals surface area contributed by atoms with Crippen molar-refractivity contribution in [2.45, 2.75) is 38.5 Å². The molecule has 7 heteroatoms. The Balaban J connectivity index is 1.14. The highest BCUT2D eigenvalue weighted by Crippen LogP contribution is 2.34. The lowest BCUT2D eigenvalue weighted by Gasteiger charge is -2.38. The summed E-state index contributed by atoms with van der Waals surface area (Å²) in [5, 5.41) is 3.10. The van der Waals surface area contributed by atoms with Crippen LogP contribution in [-0.4, -0.2) is 92.2 Å². The van der Waals surface area contributed by atoms with Crippen LogP contribution in [-0.2, 0) is 9.53 Å². The maximum absolute atomic E-state index is 12.6. The molecule has 0 spiro atoms. The van der Waals surface area contributed by atoms with E-state index in [2.05, 4.69) is 10.2 Å². The molecule has 2 saturated heterocycles. The van der Waals surface area contributed by atoms with Gasteiger partial charge in [0.1, 0.15) is 0 Å². The average molecular weight is 393 g/mol. The first-order chi connectivity index (χ1) is 13.7. The molecule has 0 aromatic heterocycles. The fourth-order valence-electron chi connectivity index (χ4n) is 4.76. The molecule has 0 aromatic carbocycles. The fourth-order valence-corrected chi connectivity index (χ4v) is 4.76. The zero-order chi connectivity index (χ0) is 19.3. The summed E-state index contributed by atoms with van der Waals surface area (Å²) in [6.45, 7) is 7.98. The summed E-state index contributed by atoms with van der Waals surface area (Å²) in [5.74, 6) is 1.91. The first-order valence-corrected chi connectivity index (χ1v) is 11.3. The SMILES string of the molecule is O=C(NCCN1CCN(C(=O)C2CCC2)CC1)N1CCOCC(C2CCC2)C1. The van der Waals surface area contributed by atoms with Crippen LogP contribution in [0.2, 0.25) is 0 Å². The fraction of sp³-hybridized carbons (Fsp3) is 0.905. The van der Waals surface area contributed by atoms with Crippen molar-refractivity contribution >= 4 is 11.9 Å². The molecule has 2 aliphatic carbocycles. The van der Waals surface area contributed by atoms with Crippen LogP contribution in [0.3, 0.4) is 0 Å². The summed E-state index contributed by atoms with van der Waals surface area (Å²) in [7, 11) is 0. The van der Waals surface area contributed by atoms with Gasteiger partial charge in [0.25, 0.3) is 0 Å². The molecule has 1 atom stereocenters. The maximum atomic E-state index is 12.6. The molecule has 2 aliphatic heterocycles. The van der Waals surface area contributed by atoms with Crippen LogP contribution >= 0.6 is 0 Å². The lowest BCUT2D eigenvalue weighted by atomic mass is 9.76. The molecule has 4 rings (SSSR count). The molecule has 4 fully saturated rings. The molecule has 28 heavy (non-hydrogen) atoms. The number of carbonyl (C=O) groups is 2. The Morgan fingerprint density at radius 2 is 1.64 bits per heavy atom. The quantitative estimate of drug-likeness (QED) is 0.768. The number of nitrogens with zero attached hydrogens (tertiary/aromatic N) is 3. The molecule has 0 radical (unpaired) electrons. The lowest BCUT2D eigenvalue weighted by Crippen LogP contribution is -2.52. The number of hydrogen-bond donors (Lipinski definition) is 1. The number of amides is 3. The van der Waals surface area contributed by atoms with Crippen LogP contribution in [0.15, 0.2) is 0 Å². The average Bonchev–Trinajstić information content (AvgIpc) is 2.85. The number of hydrogen-bond acceptors (Lipinski definition) is 4. The van der Waals surface area contributed by atoms with E-state index in [4.69, 9.17) is 4.74 Å². The summed E-state index contributed by atoms with van der Waals surface area (Å²) in [4.78, 5) is 31.3. The predicted octanol–water partition coefficient (Wildman–Crippen LogP) is 1.39. The third-order valence-corrected chi connectivity index (χ3v) is 7.24. The van der Waals surface area contributed by atoms with Gasteiger partial charge in [-0.1, -0.05) is 25.7 Å². The summed E-state index contributed by atoms with van der Waals surface area (Å²) in [5.41, 5.74) is 0. The van der Waals surface area contributed by atoms with E-state index in [9.17, 15) is 9.59 Å². The molecule has 0 aromatic rings. The summed E-state index contributed by atoms with van der Waals surface area (Å²) in [6.07, 6.45) is 7.27. The molecular formula is C21H36N4O3. The number of piperazine rings is 1. The largest absolute Gasteiger partial charge is 0.379 e. The molecule has 7 nitrogen and oxygen atoms in total. The minimum absolute atomic E-state index is 0.0496. The molecule has 158 valence electrons. The third kappa shape index (κ3) is 4.79. The molecule has 2 heterocycles. The van der Waals surface area contributed by atoms with Crippen molar-refractivity contribution in [3.63, 3.8) is 0 Å². The Hall–Kier alpha value is -1.34. The smallest absolute Gasteiger partial charge is 0.317 e. The Labute approximate surface area is 168 Å². The Morgan fingerprint density at radius 3 is 2.29 bits per heavy atom. The van der Waals surface area contributed by atoms with Gasteiger partial charge < -0.3 is 19.9 Å². The predicted molar refractivity (Wildman–Crippen MR) is 107 cm³/mol. The van der Waals surface area contributed by atoms with E-state index in [1.54, 1.807) is 0 Å². The Kier molecular flexibility index (Phi) is 6.73. The highest BCUT2D eigenvalue weighted by Gasteiger charge is 2.32. The summed E-state index contributed by atoms with van der Waals surface area (Å²) >= 11 is 0. The van der Waals surface area contributed by atoms with E-state index in [0.29, 0.717) is 37.4 Å². The number of carbonyl (C=O) groups excluding carboxylic acids is 2. The molecule has 1 N–H and O–H groups in total. The van der Waals surface area contributed by atoms with E-state index in [0.717, 1.165) is 64.6 Å². The topological polar surface area (TPSA) is 65.1 Å². The van der Waals surface area contributed by atoms with Gasteiger partial charge in [0, 0.05) is 64.2 Å². The second-order valence-corrected chi connectivity index (χ2v) is 9.00. The Morgan fingerprint density at radius 1 is 0.893 bits per heavy atom. The number of rotatable bonds is 5. The van der Waals surface area contributed by atoms with E-state index in [1.807, 2.05) is 9.80 Å². The summed E-state index contributed by atoms with van der Waals surface area (Å²) < 4.78 is 5.74. The van der Waals surface area contributed by atoms with Gasteiger partial charge in [0.2, 0.25) is 5.91 Å². The van der Waals surface area contributed by atoms with Gasteiger partial charge in [0.15, 0.2) is 0 Å². The van der Waals surface area contributed by atoms with Gasteiger partial charge in [0.05, 0.1) is 13.2 Å². The Bertz CT molecular complexity index is 542. The van der Waals surface area contributed by atoms with Crippen LogP contribution in [0.5, 0.6) is 0 Å². The van der Waals surface area contributed by atoms with Crippen LogP contribution in [0.25, 0.3) is 0 Å². The van der Waals surface area contributed by atoms with E-state index >= 15 is 0 Å². The minimum Gasteiger partial charge on any atom is -0.379 e. The first kappa shape index (κ1) is 20.0. The normalized spacial score (nSPS) is 27.6. The first-order valence-electron chi connectivity index (χ1n) is 11.3. The molecule has 4 aliphatic rings. The second-order valence-electron chi connectivity index (χ2n) is 9.00. The van der Waals surface area contributed by atoms with Crippen molar-refractivity contribution < 1.29 is 14.3 Å². The minimum atomic E-state index is 0.0496. The zero-order valence-electron chi connectivity index (χ0n) is 17.1. The van der Waals surface area contributed by atoms with Crippen molar-refractivity contribution in [2.24, 2.45) is 17.8 Å². The summed E-state index contributed by atoms with van der Waals surface area (Å²) in [6, 6.07) is 0.0496. The van der Waals surface area contributed by atoms with E-state index in [1.165, 1.54) is 25.7 Å². The van der Waals surface area contributed by atoms with Gasteiger partial charge >= 0.3 is 6.03 Å². The third-order valence-electron chi connectivity index (χ3n) is 7.24. The van der Waals surface area contributed by atoms with Gasteiger partial charge in [-0.25, -0.2) is 4.79 Å². The number of nitrogens with one attached hydrogen (secondary N) is 1. The number of urea groups is 1. The zero-order valence-corrected chi connectivity index (χ0v) is 17.1.